The molecule has 0 amide bonds. The van der Waals surface area contributed by atoms with Gasteiger partial charge in [0.25, 0.3) is 0 Å². The van der Waals surface area contributed by atoms with Gasteiger partial charge in [-0.25, -0.2) is 0 Å². The minimum Gasteiger partial charge on any atom is -0.493 e. The van der Waals surface area contributed by atoms with Crippen LogP contribution in [0.2, 0.25) is 0 Å². The van der Waals surface area contributed by atoms with E-state index in [9.17, 15) is 5.11 Å². The summed E-state index contributed by atoms with van der Waals surface area (Å²) in [5.41, 5.74) is 0.492. The molecule has 0 aromatic heterocycles. The molecule has 3 nitrogen and oxygen atoms in total. The molecular weight excluding hydrogens is 228 g/mol. The molecule has 0 saturated heterocycles. The van der Waals surface area contributed by atoms with Gasteiger partial charge in [0.2, 0.25) is 0 Å². The Labute approximate surface area is 109 Å². The predicted molar refractivity (Wildman–Crippen MR) is 71.3 cm³/mol. The number of methoxy groups -OCH3 is 1. The van der Waals surface area contributed by atoms with Crippen LogP contribution in [0.25, 0.3) is 0 Å². The first kappa shape index (κ1) is 13.2. The largest absolute Gasteiger partial charge is 0.493 e. The van der Waals surface area contributed by atoms with Crippen LogP contribution < -0.4 is 9.47 Å². The molecule has 1 N–H and O–H groups in total. The van der Waals surface area contributed by atoms with E-state index < -0.39 is 5.60 Å². The molecular formula is C15H22O3. The van der Waals surface area contributed by atoms with E-state index >= 15 is 0 Å². The van der Waals surface area contributed by atoms with Gasteiger partial charge in [-0.3, -0.25) is 0 Å². The molecule has 1 fully saturated rings. The highest BCUT2D eigenvalue weighted by Gasteiger charge is 2.38. The highest BCUT2D eigenvalue weighted by atomic mass is 16.5. The first-order chi connectivity index (χ1) is 8.56. The molecule has 2 unspecified atom stereocenters. The normalized spacial score (nSPS) is 27.2. The summed E-state index contributed by atoms with van der Waals surface area (Å²) in [6.07, 6.45) is 3.53. The van der Waals surface area contributed by atoms with Crippen molar-refractivity contribution in [2.24, 2.45) is 0 Å². The fourth-order valence-electron chi connectivity index (χ4n) is 2.49. The topological polar surface area (TPSA) is 38.7 Å². The molecule has 3 heteroatoms. The fraction of sp³-hybridized carbons (Fsp3) is 0.600. The Hall–Kier alpha value is -1.22. The van der Waals surface area contributed by atoms with Gasteiger partial charge in [0.15, 0.2) is 11.5 Å². The average Bonchev–Trinajstić information content (AvgIpc) is 2.69. The number of hydrogen-bond donors (Lipinski definition) is 1. The van der Waals surface area contributed by atoms with Crippen LogP contribution in [0, 0.1) is 0 Å². The van der Waals surface area contributed by atoms with Crippen LogP contribution in [0.4, 0.5) is 0 Å². The van der Waals surface area contributed by atoms with Crippen LogP contribution in [0.15, 0.2) is 18.2 Å². The second-order valence-electron chi connectivity index (χ2n) is 5.19. The number of aryl methyl sites for hydroxylation is 1. The van der Waals surface area contributed by atoms with Crippen molar-refractivity contribution < 1.29 is 14.6 Å². The molecule has 2 rings (SSSR count). The zero-order valence-electron chi connectivity index (χ0n) is 11.4. The maximum atomic E-state index is 10.2. The molecule has 18 heavy (non-hydrogen) atoms. The van der Waals surface area contributed by atoms with Gasteiger partial charge >= 0.3 is 0 Å². The third-order valence-electron chi connectivity index (χ3n) is 3.75. The molecule has 100 valence electrons. The summed E-state index contributed by atoms with van der Waals surface area (Å²) in [7, 11) is 1.65. The lowest BCUT2D eigenvalue weighted by atomic mass is 10.0. The highest BCUT2D eigenvalue weighted by molar-refractivity contribution is 5.43. The standard InChI is InChI=1S/C15H22O3/c1-4-11-7-8-12(13(10-11)17-3)18-14-6-5-9-15(14,2)16/h7-8,10,14,16H,4-6,9H2,1-3H3. The first-order valence-electron chi connectivity index (χ1n) is 6.62. The van der Waals surface area contributed by atoms with E-state index in [0.29, 0.717) is 0 Å². The molecule has 0 aliphatic heterocycles. The highest BCUT2D eigenvalue weighted by Crippen LogP contribution is 2.36. The molecule has 2 atom stereocenters. The monoisotopic (exact) mass is 250 g/mol. The third kappa shape index (κ3) is 2.61. The Morgan fingerprint density at radius 2 is 2.17 bits per heavy atom. The number of ether oxygens (including phenoxy) is 2. The van der Waals surface area contributed by atoms with Crippen LogP contribution >= 0.6 is 0 Å². The van der Waals surface area contributed by atoms with Crippen molar-refractivity contribution in [2.45, 2.75) is 51.2 Å². The minimum absolute atomic E-state index is 0.140. The van der Waals surface area contributed by atoms with E-state index in [0.717, 1.165) is 37.2 Å². The number of aliphatic hydroxyl groups is 1. The van der Waals surface area contributed by atoms with Gasteiger partial charge in [0.05, 0.1) is 12.7 Å². The summed E-state index contributed by atoms with van der Waals surface area (Å²) in [5, 5.41) is 10.2. The Kier molecular flexibility index (Phi) is 3.81. The van der Waals surface area contributed by atoms with Crippen LogP contribution in [0.5, 0.6) is 11.5 Å². The van der Waals surface area contributed by atoms with E-state index in [1.54, 1.807) is 7.11 Å². The van der Waals surface area contributed by atoms with E-state index in [4.69, 9.17) is 9.47 Å². The summed E-state index contributed by atoms with van der Waals surface area (Å²) in [6, 6.07) is 5.98. The summed E-state index contributed by atoms with van der Waals surface area (Å²) in [4.78, 5) is 0. The smallest absolute Gasteiger partial charge is 0.161 e. The summed E-state index contributed by atoms with van der Waals surface area (Å²) in [6.45, 7) is 3.95. The van der Waals surface area contributed by atoms with Crippen molar-refractivity contribution in [3.05, 3.63) is 23.8 Å². The van der Waals surface area contributed by atoms with Crippen molar-refractivity contribution in [3.63, 3.8) is 0 Å². The van der Waals surface area contributed by atoms with Crippen LogP contribution in [-0.4, -0.2) is 23.9 Å². The van der Waals surface area contributed by atoms with Crippen LogP contribution in [-0.2, 0) is 6.42 Å². The number of benzene rings is 1. The molecule has 0 bridgehead atoms. The molecule has 0 radical (unpaired) electrons. The van der Waals surface area contributed by atoms with Gasteiger partial charge in [0.1, 0.15) is 6.10 Å². The van der Waals surface area contributed by atoms with E-state index in [1.807, 2.05) is 25.1 Å². The zero-order valence-corrected chi connectivity index (χ0v) is 11.4. The fourth-order valence-corrected chi connectivity index (χ4v) is 2.49. The Morgan fingerprint density at radius 3 is 2.72 bits per heavy atom. The second kappa shape index (κ2) is 5.19. The van der Waals surface area contributed by atoms with Gasteiger partial charge in [-0.1, -0.05) is 13.0 Å². The summed E-state index contributed by atoms with van der Waals surface area (Å²) in [5.74, 6) is 1.47. The summed E-state index contributed by atoms with van der Waals surface area (Å²) < 4.78 is 11.3. The lowest BCUT2D eigenvalue weighted by molar-refractivity contribution is -0.0260. The lowest BCUT2D eigenvalue weighted by Crippen LogP contribution is -2.38. The van der Waals surface area contributed by atoms with Gasteiger partial charge in [-0.05, 0) is 50.3 Å². The second-order valence-corrected chi connectivity index (χ2v) is 5.19. The summed E-state index contributed by atoms with van der Waals surface area (Å²) >= 11 is 0. The quantitative estimate of drug-likeness (QED) is 0.893. The molecule has 0 spiro atoms. The molecule has 1 saturated carbocycles. The molecule has 1 aliphatic carbocycles. The zero-order chi connectivity index (χ0) is 13.2. The maximum Gasteiger partial charge on any atom is 0.161 e. The van der Waals surface area contributed by atoms with Crippen molar-refractivity contribution in [2.75, 3.05) is 7.11 Å². The maximum absolute atomic E-state index is 10.2. The number of rotatable bonds is 4. The van der Waals surface area contributed by atoms with Crippen molar-refractivity contribution in [3.8, 4) is 11.5 Å². The van der Waals surface area contributed by atoms with Gasteiger partial charge in [-0.2, -0.15) is 0 Å². The molecule has 0 heterocycles. The van der Waals surface area contributed by atoms with Gasteiger partial charge in [-0.15, -0.1) is 0 Å². The van der Waals surface area contributed by atoms with Crippen molar-refractivity contribution in [1.29, 1.82) is 0 Å². The van der Waals surface area contributed by atoms with E-state index in [1.165, 1.54) is 5.56 Å². The van der Waals surface area contributed by atoms with E-state index in [2.05, 4.69) is 6.92 Å². The minimum atomic E-state index is -0.728. The Bertz CT molecular complexity index is 412. The van der Waals surface area contributed by atoms with E-state index in [-0.39, 0.29) is 6.10 Å². The molecule has 1 aromatic rings. The van der Waals surface area contributed by atoms with Gasteiger partial charge < -0.3 is 14.6 Å². The third-order valence-corrected chi connectivity index (χ3v) is 3.75. The van der Waals surface area contributed by atoms with Crippen LogP contribution in [0.3, 0.4) is 0 Å². The molecule has 1 aromatic carbocycles. The predicted octanol–water partition coefficient (Wildman–Crippen LogP) is 2.94. The number of hydrogen-bond acceptors (Lipinski definition) is 3. The van der Waals surface area contributed by atoms with Crippen molar-refractivity contribution >= 4 is 0 Å². The first-order valence-corrected chi connectivity index (χ1v) is 6.62. The average molecular weight is 250 g/mol. The lowest BCUT2D eigenvalue weighted by Gasteiger charge is -2.27. The van der Waals surface area contributed by atoms with Gasteiger partial charge in [0, 0.05) is 0 Å². The van der Waals surface area contributed by atoms with Crippen LogP contribution in [0.1, 0.15) is 38.7 Å². The SMILES string of the molecule is CCc1ccc(OC2CCCC2(C)O)c(OC)c1. The molecule has 1 aliphatic rings. The Balaban J connectivity index is 2.18. The Morgan fingerprint density at radius 1 is 1.39 bits per heavy atom. The van der Waals surface area contributed by atoms with Crippen molar-refractivity contribution in [1.82, 2.24) is 0 Å².